The summed E-state index contributed by atoms with van der Waals surface area (Å²) in [4.78, 5) is 17.6. The summed E-state index contributed by atoms with van der Waals surface area (Å²) in [6.45, 7) is 3.04. The first-order valence-electron chi connectivity index (χ1n) is 8.42. The number of hydrogen-bond acceptors (Lipinski definition) is 6. The van der Waals surface area contributed by atoms with E-state index in [1.807, 2.05) is 0 Å². The van der Waals surface area contributed by atoms with E-state index in [2.05, 4.69) is 4.98 Å². The van der Waals surface area contributed by atoms with Crippen LogP contribution < -0.4 is 9.64 Å². The fourth-order valence-corrected chi connectivity index (χ4v) is 4.62. The van der Waals surface area contributed by atoms with Crippen molar-refractivity contribution >= 4 is 21.8 Å². The van der Waals surface area contributed by atoms with Gasteiger partial charge >= 0.3 is 5.97 Å². The zero-order valence-electron chi connectivity index (χ0n) is 15.1. The lowest BCUT2D eigenvalue weighted by molar-refractivity contribution is 0.0697. The zero-order chi connectivity index (χ0) is 19.6. The van der Waals surface area contributed by atoms with Crippen molar-refractivity contribution in [1.29, 1.82) is 0 Å². The number of carbonyl (C=O) groups is 1. The molecule has 1 aliphatic rings. The molecule has 2 heterocycles. The third-order valence-electron chi connectivity index (χ3n) is 4.56. The maximum absolute atomic E-state index is 12.9. The van der Waals surface area contributed by atoms with Crippen molar-refractivity contribution < 1.29 is 23.1 Å². The predicted octanol–water partition coefficient (Wildman–Crippen LogP) is 1.61. The van der Waals surface area contributed by atoms with Crippen LogP contribution in [-0.2, 0) is 10.0 Å². The molecule has 1 N–H and O–H groups in total. The Balaban J connectivity index is 1.77. The van der Waals surface area contributed by atoms with Crippen LogP contribution >= 0.6 is 0 Å². The summed E-state index contributed by atoms with van der Waals surface area (Å²) >= 11 is 0. The molecule has 1 fully saturated rings. The first kappa shape index (κ1) is 19.1. The highest BCUT2D eigenvalue weighted by atomic mass is 32.2. The summed E-state index contributed by atoms with van der Waals surface area (Å²) in [6.07, 6.45) is 1.53. The molecule has 1 saturated heterocycles. The number of benzene rings is 1. The first-order chi connectivity index (χ1) is 12.8. The van der Waals surface area contributed by atoms with Crippen LogP contribution in [0.4, 0.5) is 5.82 Å². The zero-order valence-corrected chi connectivity index (χ0v) is 15.9. The Morgan fingerprint density at radius 1 is 1.19 bits per heavy atom. The van der Waals surface area contributed by atoms with Crippen LogP contribution in [0.2, 0.25) is 0 Å². The average Bonchev–Trinajstić information content (AvgIpc) is 2.68. The fraction of sp³-hybridized carbons (Fsp3) is 0.333. The van der Waals surface area contributed by atoms with E-state index < -0.39 is 16.0 Å². The van der Waals surface area contributed by atoms with E-state index in [-0.39, 0.29) is 23.5 Å². The van der Waals surface area contributed by atoms with Crippen molar-refractivity contribution in [3.05, 3.63) is 47.7 Å². The van der Waals surface area contributed by atoms with Crippen molar-refractivity contribution in [1.82, 2.24) is 9.29 Å². The normalized spacial score (nSPS) is 15.6. The second-order valence-electron chi connectivity index (χ2n) is 6.20. The van der Waals surface area contributed by atoms with Gasteiger partial charge in [0.05, 0.1) is 12.0 Å². The lowest BCUT2D eigenvalue weighted by atomic mass is 10.2. The van der Waals surface area contributed by atoms with E-state index in [4.69, 9.17) is 4.74 Å². The topological polar surface area (TPSA) is 100 Å². The molecule has 27 heavy (non-hydrogen) atoms. The Labute approximate surface area is 158 Å². The number of carboxylic acids is 1. The third kappa shape index (κ3) is 3.74. The van der Waals surface area contributed by atoms with Crippen LogP contribution in [0.1, 0.15) is 15.9 Å². The number of sulfonamides is 1. The summed E-state index contributed by atoms with van der Waals surface area (Å²) in [5.74, 6) is -0.0562. The molecule has 0 bridgehead atoms. The molecule has 1 aromatic heterocycles. The van der Waals surface area contributed by atoms with E-state index >= 15 is 0 Å². The SMILES string of the molecule is COc1ccc(S(=O)(=O)N2CCN(c3ncccc3C(=O)O)CC2)cc1C. The van der Waals surface area contributed by atoms with Gasteiger partial charge in [0.15, 0.2) is 0 Å². The number of aromatic nitrogens is 1. The van der Waals surface area contributed by atoms with Gasteiger partial charge in [0, 0.05) is 32.4 Å². The number of methoxy groups -OCH3 is 1. The van der Waals surface area contributed by atoms with Gasteiger partial charge in [-0.3, -0.25) is 0 Å². The lowest BCUT2D eigenvalue weighted by Gasteiger charge is -2.35. The molecular weight excluding hydrogens is 370 g/mol. The van der Waals surface area contributed by atoms with E-state index in [1.54, 1.807) is 37.1 Å². The maximum Gasteiger partial charge on any atom is 0.339 e. The summed E-state index contributed by atoms with van der Waals surface area (Å²) in [5, 5.41) is 9.31. The lowest BCUT2D eigenvalue weighted by Crippen LogP contribution is -2.49. The molecule has 8 nitrogen and oxygen atoms in total. The number of anilines is 1. The maximum atomic E-state index is 12.9. The number of pyridine rings is 1. The number of hydrogen-bond donors (Lipinski definition) is 1. The largest absolute Gasteiger partial charge is 0.496 e. The Morgan fingerprint density at radius 3 is 2.48 bits per heavy atom. The van der Waals surface area contributed by atoms with Crippen molar-refractivity contribution in [2.24, 2.45) is 0 Å². The van der Waals surface area contributed by atoms with Crippen LogP contribution in [0.3, 0.4) is 0 Å². The van der Waals surface area contributed by atoms with Crippen LogP contribution in [0.25, 0.3) is 0 Å². The third-order valence-corrected chi connectivity index (χ3v) is 6.45. The van der Waals surface area contributed by atoms with Gasteiger partial charge in [0.25, 0.3) is 0 Å². The standard InChI is InChI=1S/C18H21N3O5S/c1-13-12-14(5-6-16(13)26-2)27(24,25)21-10-8-20(9-11-21)17-15(18(22)23)4-3-7-19-17/h3-7,12H,8-11H2,1-2H3,(H,22,23). The highest BCUT2D eigenvalue weighted by molar-refractivity contribution is 7.89. The molecule has 0 amide bonds. The van der Waals surface area contributed by atoms with Gasteiger partial charge in [-0.25, -0.2) is 18.2 Å². The highest BCUT2D eigenvalue weighted by Gasteiger charge is 2.30. The number of carboxylic acid groups (broad SMARTS) is 1. The highest BCUT2D eigenvalue weighted by Crippen LogP contribution is 2.26. The Bertz CT molecular complexity index is 953. The molecule has 1 aromatic carbocycles. The Hall–Kier alpha value is -2.65. The summed E-state index contributed by atoms with van der Waals surface area (Å²) < 4.78 is 32.4. The van der Waals surface area contributed by atoms with Gasteiger partial charge in [-0.2, -0.15) is 4.31 Å². The number of ether oxygens (including phenoxy) is 1. The number of piperazine rings is 1. The van der Waals surface area contributed by atoms with Crippen LogP contribution in [-0.4, -0.2) is 62.1 Å². The second kappa shape index (κ2) is 7.53. The predicted molar refractivity (Wildman–Crippen MR) is 99.9 cm³/mol. The molecular formula is C18H21N3O5S. The number of aromatic carboxylic acids is 1. The molecule has 144 valence electrons. The minimum atomic E-state index is -3.63. The molecule has 0 spiro atoms. The summed E-state index contributed by atoms with van der Waals surface area (Å²) in [7, 11) is -2.09. The summed E-state index contributed by atoms with van der Waals surface area (Å²) in [5.41, 5.74) is 0.858. The van der Waals surface area contributed by atoms with Crippen molar-refractivity contribution in [3.8, 4) is 5.75 Å². The number of rotatable bonds is 5. The minimum absolute atomic E-state index is 0.111. The van der Waals surface area contributed by atoms with E-state index in [1.165, 1.54) is 22.6 Å². The van der Waals surface area contributed by atoms with Crippen molar-refractivity contribution in [2.75, 3.05) is 38.2 Å². The molecule has 9 heteroatoms. The van der Waals surface area contributed by atoms with Crippen LogP contribution in [0.5, 0.6) is 5.75 Å². The van der Waals surface area contributed by atoms with Gasteiger partial charge in [-0.1, -0.05) is 0 Å². The Morgan fingerprint density at radius 2 is 1.89 bits per heavy atom. The molecule has 0 atom stereocenters. The molecule has 3 rings (SSSR count). The molecule has 0 saturated carbocycles. The van der Waals surface area contributed by atoms with E-state index in [9.17, 15) is 18.3 Å². The molecule has 0 unspecified atom stereocenters. The van der Waals surface area contributed by atoms with Crippen LogP contribution in [0, 0.1) is 6.92 Å². The number of aryl methyl sites for hydroxylation is 1. The summed E-state index contributed by atoms with van der Waals surface area (Å²) in [6, 6.07) is 7.84. The average molecular weight is 391 g/mol. The van der Waals surface area contributed by atoms with Crippen molar-refractivity contribution in [2.45, 2.75) is 11.8 Å². The quantitative estimate of drug-likeness (QED) is 0.826. The fourth-order valence-electron chi connectivity index (χ4n) is 3.12. The monoisotopic (exact) mass is 391 g/mol. The molecule has 1 aliphatic heterocycles. The Kier molecular flexibility index (Phi) is 5.33. The molecule has 0 radical (unpaired) electrons. The van der Waals surface area contributed by atoms with Gasteiger partial charge in [-0.05, 0) is 42.8 Å². The second-order valence-corrected chi connectivity index (χ2v) is 8.14. The van der Waals surface area contributed by atoms with Gasteiger partial charge < -0.3 is 14.7 Å². The minimum Gasteiger partial charge on any atom is -0.496 e. The number of nitrogens with zero attached hydrogens (tertiary/aromatic N) is 3. The van der Waals surface area contributed by atoms with Crippen LogP contribution in [0.15, 0.2) is 41.4 Å². The van der Waals surface area contributed by atoms with E-state index in [0.717, 1.165) is 5.56 Å². The smallest absolute Gasteiger partial charge is 0.339 e. The van der Waals surface area contributed by atoms with E-state index in [0.29, 0.717) is 24.7 Å². The van der Waals surface area contributed by atoms with Gasteiger partial charge in [0.1, 0.15) is 17.1 Å². The van der Waals surface area contributed by atoms with Gasteiger partial charge in [0.2, 0.25) is 10.0 Å². The molecule has 0 aliphatic carbocycles. The first-order valence-corrected chi connectivity index (χ1v) is 9.86. The van der Waals surface area contributed by atoms with Gasteiger partial charge in [-0.15, -0.1) is 0 Å². The van der Waals surface area contributed by atoms with Crippen molar-refractivity contribution in [3.63, 3.8) is 0 Å². The molecule has 2 aromatic rings.